The summed E-state index contributed by atoms with van der Waals surface area (Å²) >= 11 is 0. The standard InChI is InChI=1S/C31H27FN2O4/c1-19-10-26(17-34-31(19)32)22-6-7-24(15-29(35)36-2)28(14-22)38-18-21-12-25-8-9-37-30(25)27(13-21)23-5-3-4-20(11-23)16-33/h3-14,17H,15-16,18,33H2,1-2H3. The number of aromatic nitrogens is 1. The number of nitrogens with zero attached hydrogens (tertiary/aromatic N) is 1. The maximum Gasteiger partial charge on any atom is 0.310 e. The Morgan fingerprint density at radius 3 is 2.66 bits per heavy atom. The molecule has 3 aromatic carbocycles. The summed E-state index contributed by atoms with van der Waals surface area (Å²) in [7, 11) is 1.35. The third-order valence-electron chi connectivity index (χ3n) is 6.46. The Morgan fingerprint density at radius 1 is 1.00 bits per heavy atom. The summed E-state index contributed by atoms with van der Waals surface area (Å²) in [4.78, 5) is 15.9. The number of esters is 1. The maximum atomic E-state index is 13.7. The summed E-state index contributed by atoms with van der Waals surface area (Å²) < 4.78 is 30.7. The SMILES string of the molecule is COC(=O)Cc1ccc(-c2cnc(F)c(C)c2)cc1OCc1cc(-c2cccc(CN)c2)c2occc2c1. The van der Waals surface area contributed by atoms with Crippen molar-refractivity contribution < 1.29 is 23.1 Å². The Morgan fingerprint density at radius 2 is 1.87 bits per heavy atom. The largest absolute Gasteiger partial charge is 0.489 e. The smallest absolute Gasteiger partial charge is 0.310 e. The highest BCUT2D eigenvalue weighted by Crippen LogP contribution is 2.33. The molecule has 2 N–H and O–H groups in total. The number of pyridine rings is 1. The summed E-state index contributed by atoms with van der Waals surface area (Å²) in [6.07, 6.45) is 3.21. The quantitative estimate of drug-likeness (QED) is 0.193. The first-order valence-corrected chi connectivity index (χ1v) is 12.2. The average molecular weight is 511 g/mol. The van der Waals surface area contributed by atoms with Gasteiger partial charge in [0.2, 0.25) is 5.95 Å². The van der Waals surface area contributed by atoms with E-state index in [1.54, 1.807) is 19.3 Å². The van der Waals surface area contributed by atoms with Gasteiger partial charge in [0.15, 0.2) is 0 Å². The van der Waals surface area contributed by atoms with Crippen LogP contribution in [0.25, 0.3) is 33.2 Å². The van der Waals surface area contributed by atoms with Crippen molar-refractivity contribution in [1.29, 1.82) is 0 Å². The van der Waals surface area contributed by atoms with Gasteiger partial charge in [0.05, 0.1) is 19.8 Å². The molecular formula is C31H27FN2O4. The summed E-state index contributed by atoms with van der Waals surface area (Å²) in [6, 6.07) is 21.3. The molecule has 2 aromatic heterocycles. The van der Waals surface area contributed by atoms with Gasteiger partial charge in [-0.2, -0.15) is 4.39 Å². The lowest BCUT2D eigenvalue weighted by Gasteiger charge is -2.14. The maximum absolute atomic E-state index is 13.7. The molecule has 192 valence electrons. The molecule has 0 amide bonds. The molecule has 2 heterocycles. The van der Waals surface area contributed by atoms with Crippen LogP contribution in [0.2, 0.25) is 0 Å². The zero-order chi connectivity index (χ0) is 26.6. The van der Waals surface area contributed by atoms with Gasteiger partial charge in [0, 0.05) is 40.4 Å². The van der Waals surface area contributed by atoms with Crippen LogP contribution in [0.3, 0.4) is 0 Å². The van der Waals surface area contributed by atoms with Crippen LogP contribution in [0.1, 0.15) is 22.3 Å². The Hall–Kier alpha value is -4.49. The first kappa shape index (κ1) is 25.2. The van der Waals surface area contributed by atoms with Crippen molar-refractivity contribution in [1.82, 2.24) is 4.98 Å². The molecule has 0 fully saturated rings. The second-order valence-electron chi connectivity index (χ2n) is 9.08. The lowest BCUT2D eigenvalue weighted by molar-refractivity contribution is -0.139. The van der Waals surface area contributed by atoms with E-state index in [2.05, 4.69) is 11.1 Å². The van der Waals surface area contributed by atoms with Crippen molar-refractivity contribution in [3.8, 4) is 28.0 Å². The first-order chi connectivity index (χ1) is 18.4. The molecule has 0 atom stereocenters. The zero-order valence-electron chi connectivity index (χ0n) is 21.2. The van der Waals surface area contributed by atoms with Crippen molar-refractivity contribution in [3.05, 3.63) is 107 Å². The summed E-state index contributed by atoms with van der Waals surface area (Å²) in [5.41, 5.74) is 13.2. The lowest BCUT2D eigenvalue weighted by atomic mass is 9.99. The zero-order valence-corrected chi connectivity index (χ0v) is 21.2. The summed E-state index contributed by atoms with van der Waals surface area (Å²) in [5.74, 6) is -0.340. The van der Waals surface area contributed by atoms with Crippen molar-refractivity contribution in [2.24, 2.45) is 5.73 Å². The van der Waals surface area contributed by atoms with Crippen LogP contribution in [-0.4, -0.2) is 18.1 Å². The molecule has 0 aliphatic heterocycles. The highest BCUT2D eigenvalue weighted by atomic mass is 19.1. The Balaban J connectivity index is 1.50. The molecule has 0 unspecified atom stereocenters. The predicted octanol–water partition coefficient (Wildman–Crippen LogP) is 6.36. The summed E-state index contributed by atoms with van der Waals surface area (Å²) in [6.45, 7) is 2.37. The molecular weight excluding hydrogens is 483 g/mol. The van der Waals surface area contributed by atoms with E-state index in [1.807, 2.05) is 54.6 Å². The number of halogens is 1. The first-order valence-electron chi connectivity index (χ1n) is 12.2. The van der Waals surface area contributed by atoms with Gasteiger partial charge >= 0.3 is 5.97 Å². The summed E-state index contributed by atoms with van der Waals surface area (Å²) in [5, 5.41) is 0.954. The number of ether oxygens (including phenoxy) is 2. The van der Waals surface area contributed by atoms with Crippen LogP contribution >= 0.6 is 0 Å². The molecule has 0 saturated heterocycles. The molecule has 5 rings (SSSR count). The monoisotopic (exact) mass is 510 g/mol. The van der Waals surface area contributed by atoms with Gasteiger partial charge in [-0.3, -0.25) is 4.79 Å². The van der Waals surface area contributed by atoms with E-state index < -0.39 is 5.95 Å². The molecule has 0 saturated carbocycles. The number of aryl methyl sites for hydroxylation is 1. The number of furan rings is 1. The Bertz CT molecular complexity index is 1630. The predicted molar refractivity (Wildman–Crippen MR) is 144 cm³/mol. The van der Waals surface area contributed by atoms with Gasteiger partial charge in [0.25, 0.3) is 0 Å². The number of hydrogen-bond acceptors (Lipinski definition) is 6. The fraction of sp³-hybridized carbons (Fsp3) is 0.161. The van der Waals surface area contributed by atoms with Crippen molar-refractivity contribution in [2.75, 3.05) is 7.11 Å². The average Bonchev–Trinajstić information content (AvgIpc) is 3.42. The van der Waals surface area contributed by atoms with Gasteiger partial charge in [-0.15, -0.1) is 0 Å². The molecule has 7 heteroatoms. The minimum absolute atomic E-state index is 0.0602. The van der Waals surface area contributed by atoms with Crippen molar-refractivity contribution in [3.63, 3.8) is 0 Å². The second-order valence-corrected chi connectivity index (χ2v) is 9.08. The molecule has 0 spiro atoms. The van der Waals surface area contributed by atoms with Crippen LogP contribution in [0.4, 0.5) is 4.39 Å². The van der Waals surface area contributed by atoms with Crippen LogP contribution in [0, 0.1) is 12.9 Å². The van der Waals surface area contributed by atoms with Gasteiger partial charge < -0.3 is 19.6 Å². The van der Waals surface area contributed by atoms with Crippen LogP contribution < -0.4 is 10.5 Å². The molecule has 0 radical (unpaired) electrons. The molecule has 6 nitrogen and oxygen atoms in total. The number of nitrogens with two attached hydrogens (primary N) is 1. The van der Waals surface area contributed by atoms with E-state index in [0.29, 0.717) is 23.4 Å². The number of carbonyl (C=O) groups is 1. The van der Waals surface area contributed by atoms with Gasteiger partial charge in [-0.1, -0.05) is 30.3 Å². The molecule has 38 heavy (non-hydrogen) atoms. The third kappa shape index (κ3) is 5.28. The highest BCUT2D eigenvalue weighted by molar-refractivity contribution is 5.93. The fourth-order valence-corrected chi connectivity index (χ4v) is 4.43. The van der Waals surface area contributed by atoms with E-state index in [1.165, 1.54) is 13.3 Å². The number of fused-ring (bicyclic) bond motifs is 1. The fourth-order valence-electron chi connectivity index (χ4n) is 4.43. The van der Waals surface area contributed by atoms with Crippen LogP contribution in [-0.2, 0) is 29.1 Å². The number of methoxy groups -OCH3 is 1. The van der Waals surface area contributed by atoms with Crippen molar-refractivity contribution >= 4 is 16.9 Å². The normalized spacial score (nSPS) is 11.1. The Kier molecular flexibility index (Phi) is 7.20. The number of rotatable bonds is 8. The molecule has 0 bridgehead atoms. The number of hydrogen-bond donors (Lipinski definition) is 1. The number of carbonyl (C=O) groups excluding carboxylic acids is 1. The lowest BCUT2D eigenvalue weighted by Crippen LogP contribution is -2.07. The van der Waals surface area contributed by atoms with E-state index in [-0.39, 0.29) is 19.0 Å². The highest BCUT2D eigenvalue weighted by Gasteiger charge is 2.15. The third-order valence-corrected chi connectivity index (χ3v) is 6.46. The number of benzene rings is 3. The van der Waals surface area contributed by atoms with Crippen LogP contribution in [0.5, 0.6) is 5.75 Å². The minimum atomic E-state index is -0.505. The van der Waals surface area contributed by atoms with E-state index in [9.17, 15) is 9.18 Å². The van der Waals surface area contributed by atoms with E-state index in [4.69, 9.17) is 19.6 Å². The topological polar surface area (TPSA) is 87.6 Å². The van der Waals surface area contributed by atoms with E-state index >= 15 is 0 Å². The molecule has 5 aromatic rings. The van der Waals surface area contributed by atoms with Gasteiger partial charge in [-0.25, -0.2) is 4.98 Å². The van der Waals surface area contributed by atoms with Crippen molar-refractivity contribution in [2.45, 2.75) is 26.5 Å². The second kappa shape index (κ2) is 10.9. The minimum Gasteiger partial charge on any atom is -0.489 e. The van der Waals surface area contributed by atoms with E-state index in [0.717, 1.165) is 44.3 Å². The van der Waals surface area contributed by atoms with Crippen LogP contribution in [0.15, 0.2) is 83.6 Å². The molecule has 0 aliphatic carbocycles. The van der Waals surface area contributed by atoms with Gasteiger partial charge in [0.1, 0.15) is 17.9 Å². The van der Waals surface area contributed by atoms with Gasteiger partial charge in [-0.05, 0) is 65.6 Å². The molecule has 0 aliphatic rings. The Labute approximate surface area is 219 Å².